The molecule has 0 aliphatic rings. The zero-order valence-corrected chi connectivity index (χ0v) is 16.5. The van der Waals surface area contributed by atoms with Crippen LogP contribution in [0.1, 0.15) is 82.8 Å². The maximum atomic E-state index is 10.7. The molecular weight excluding hydrogens is 336 g/mol. The van der Waals surface area contributed by atoms with Gasteiger partial charge in [0.1, 0.15) is 11.5 Å². The summed E-state index contributed by atoms with van der Waals surface area (Å²) >= 11 is 0. The molecule has 3 N–H and O–H groups in total. The van der Waals surface area contributed by atoms with E-state index in [1.54, 1.807) is 30.3 Å². The van der Waals surface area contributed by atoms with Crippen molar-refractivity contribution >= 4 is 0 Å². The van der Waals surface area contributed by atoms with Crippen LogP contribution in [0.3, 0.4) is 0 Å². The highest BCUT2D eigenvalue weighted by Crippen LogP contribution is 2.40. The fourth-order valence-electron chi connectivity index (χ4n) is 3.62. The molecule has 0 saturated carbocycles. The van der Waals surface area contributed by atoms with Crippen LogP contribution in [0.25, 0.3) is 11.1 Å². The third kappa shape index (κ3) is 6.59. The van der Waals surface area contributed by atoms with E-state index in [9.17, 15) is 15.3 Å². The van der Waals surface area contributed by atoms with Crippen LogP contribution in [-0.2, 0) is 0 Å². The van der Waals surface area contributed by atoms with Crippen LogP contribution in [0.5, 0.6) is 11.5 Å². The number of unbranched alkanes of at least 4 members (excludes halogenated alkanes) is 8. The largest absolute Gasteiger partial charge is 0.507 e. The second-order valence-corrected chi connectivity index (χ2v) is 7.39. The lowest BCUT2D eigenvalue weighted by Gasteiger charge is -2.18. The summed E-state index contributed by atoms with van der Waals surface area (Å²) in [5, 5.41) is 31.2. The summed E-state index contributed by atoms with van der Waals surface area (Å²) in [7, 11) is 0. The Hall–Kier alpha value is -2.00. The first kappa shape index (κ1) is 21.3. The van der Waals surface area contributed by atoms with Gasteiger partial charge >= 0.3 is 0 Å². The number of hydrogen-bond donors (Lipinski definition) is 3. The molecule has 0 bridgehead atoms. The molecule has 0 fully saturated rings. The van der Waals surface area contributed by atoms with E-state index in [2.05, 4.69) is 6.92 Å². The van der Waals surface area contributed by atoms with E-state index in [0.29, 0.717) is 23.1 Å². The van der Waals surface area contributed by atoms with Crippen LogP contribution in [0, 0.1) is 0 Å². The fraction of sp³-hybridized carbons (Fsp3) is 0.500. The molecule has 3 nitrogen and oxygen atoms in total. The van der Waals surface area contributed by atoms with Crippen LogP contribution < -0.4 is 0 Å². The predicted molar refractivity (Wildman–Crippen MR) is 112 cm³/mol. The number of rotatable bonds is 12. The van der Waals surface area contributed by atoms with Gasteiger partial charge < -0.3 is 15.3 Å². The minimum Gasteiger partial charge on any atom is -0.507 e. The van der Waals surface area contributed by atoms with Crippen molar-refractivity contribution in [3.8, 4) is 22.6 Å². The summed E-state index contributed by atoms with van der Waals surface area (Å²) in [4.78, 5) is 0. The summed E-state index contributed by atoms with van der Waals surface area (Å²) in [6, 6.07) is 12.1. The molecular formula is C24H34O3. The van der Waals surface area contributed by atoms with E-state index in [4.69, 9.17) is 0 Å². The van der Waals surface area contributed by atoms with Gasteiger partial charge in [0.15, 0.2) is 0 Å². The van der Waals surface area contributed by atoms with Crippen molar-refractivity contribution in [1.29, 1.82) is 0 Å². The van der Waals surface area contributed by atoms with E-state index in [1.807, 2.05) is 12.1 Å². The number of phenolic OH excluding ortho intramolecular Hbond substituents is 2. The van der Waals surface area contributed by atoms with Crippen molar-refractivity contribution in [2.75, 3.05) is 0 Å². The molecule has 0 aromatic heterocycles. The van der Waals surface area contributed by atoms with Gasteiger partial charge in [0.25, 0.3) is 0 Å². The number of hydrogen-bond acceptors (Lipinski definition) is 3. The SMILES string of the molecule is CCCCCCCCCCCC(O)c1cccc(O)c1-c1ccccc1O. The Balaban J connectivity index is 1.87. The maximum Gasteiger partial charge on any atom is 0.123 e. The molecule has 0 saturated heterocycles. The molecule has 0 aliphatic carbocycles. The maximum absolute atomic E-state index is 10.7. The number of benzene rings is 2. The van der Waals surface area contributed by atoms with Gasteiger partial charge in [-0.3, -0.25) is 0 Å². The third-order valence-corrected chi connectivity index (χ3v) is 5.19. The number of aliphatic hydroxyl groups excluding tert-OH is 1. The second-order valence-electron chi connectivity index (χ2n) is 7.39. The monoisotopic (exact) mass is 370 g/mol. The van der Waals surface area contributed by atoms with Crippen LogP contribution in [0.2, 0.25) is 0 Å². The molecule has 1 atom stereocenters. The van der Waals surface area contributed by atoms with Crippen LogP contribution in [0.15, 0.2) is 42.5 Å². The zero-order chi connectivity index (χ0) is 19.5. The van der Waals surface area contributed by atoms with Gasteiger partial charge in [0.05, 0.1) is 6.10 Å². The summed E-state index contributed by atoms with van der Waals surface area (Å²) in [6.45, 7) is 2.24. The van der Waals surface area contributed by atoms with Gasteiger partial charge in [0.2, 0.25) is 0 Å². The van der Waals surface area contributed by atoms with Gasteiger partial charge in [-0.2, -0.15) is 0 Å². The molecule has 0 heterocycles. The Kier molecular flexibility index (Phi) is 9.20. The van der Waals surface area contributed by atoms with Crippen LogP contribution >= 0.6 is 0 Å². The van der Waals surface area contributed by atoms with E-state index in [1.165, 1.54) is 44.9 Å². The summed E-state index contributed by atoms with van der Waals surface area (Å²) in [5.41, 5.74) is 1.76. The highest BCUT2D eigenvalue weighted by molar-refractivity contribution is 5.78. The lowest BCUT2D eigenvalue weighted by molar-refractivity contribution is 0.163. The van der Waals surface area contributed by atoms with Gasteiger partial charge in [-0.15, -0.1) is 0 Å². The smallest absolute Gasteiger partial charge is 0.123 e. The Bertz CT molecular complexity index is 681. The van der Waals surface area contributed by atoms with Gasteiger partial charge in [-0.05, 0) is 24.1 Å². The zero-order valence-electron chi connectivity index (χ0n) is 16.5. The number of aliphatic hydroxyl groups is 1. The highest BCUT2D eigenvalue weighted by atomic mass is 16.3. The summed E-state index contributed by atoms with van der Waals surface area (Å²) in [5.74, 6) is 0.190. The Morgan fingerprint density at radius 1 is 0.704 bits per heavy atom. The third-order valence-electron chi connectivity index (χ3n) is 5.19. The van der Waals surface area contributed by atoms with Gasteiger partial charge in [0, 0.05) is 11.1 Å². The molecule has 0 amide bonds. The minimum absolute atomic E-state index is 0.0835. The number of phenols is 2. The molecule has 2 aromatic carbocycles. The molecule has 3 heteroatoms. The van der Waals surface area contributed by atoms with E-state index < -0.39 is 6.10 Å². The first-order valence-electron chi connectivity index (χ1n) is 10.4. The van der Waals surface area contributed by atoms with Gasteiger partial charge in [-0.1, -0.05) is 95.0 Å². The minimum atomic E-state index is -0.642. The van der Waals surface area contributed by atoms with Crippen LogP contribution in [-0.4, -0.2) is 15.3 Å². The Labute approximate surface area is 163 Å². The van der Waals surface area contributed by atoms with Crippen molar-refractivity contribution in [3.05, 3.63) is 48.0 Å². The summed E-state index contributed by atoms with van der Waals surface area (Å²) in [6.07, 6.45) is 11.2. The fourth-order valence-corrected chi connectivity index (χ4v) is 3.62. The van der Waals surface area contributed by atoms with E-state index in [0.717, 1.165) is 12.8 Å². The predicted octanol–water partition coefficient (Wildman–Crippen LogP) is 6.72. The average Bonchev–Trinajstić information content (AvgIpc) is 2.67. The molecule has 1 unspecified atom stereocenters. The van der Waals surface area contributed by atoms with E-state index >= 15 is 0 Å². The molecule has 0 aliphatic heterocycles. The van der Waals surface area contributed by atoms with Crippen molar-refractivity contribution in [2.45, 2.75) is 77.2 Å². The number of para-hydroxylation sites is 1. The Morgan fingerprint density at radius 2 is 1.30 bits per heavy atom. The molecule has 0 spiro atoms. The normalized spacial score (nSPS) is 12.2. The lowest BCUT2D eigenvalue weighted by atomic mass is 9.92. The molecule has 0 radical (unpaired) electrons. The second kappa shape index (κ2) is 11.7. The topological polar surface area (TPSA) is 60.7 Å². The average molecular weight is 371 g/mol. The first-order valence-corrected chi connectivity index (χ1v) is 10.4. The first-order chi connectivity index (χ1) is 13.1. The molecule has 27 heavy (non-hydrogen) atoms. The molecule has 2 aromatic rings. The van der Waals surface area contributed by atoms with Gasteiger partial charge in [-0.25, -0.2) is 0 Å². The van der Waals surface area contributed by atoms with Crippen molar-refractivity contribution in [3.63, 3.8) is 0 Å². The number of aromatic hydroxyl groups is 2. The lowest BCUT2D eigenvalue weighted by Crippen LogP contribution is -2.00. The van der Waals surface area contributed by atoms with Crippen molar-refractivity contribution in [1.82, 2.24) is 0 Å². The van der Waals surface area contributed by atoms with E-state index in [-0.39, 0.29) is 11.5 Å². The highest BCUT2D eigenvalue weighted by Gasteiger charge is 2.18. The molecule has 148 valence electrons. The summed E-state index contributed by atoms with van der Waals surface area (Å²) < 4.78 is 0. The van der Waals surface area contributed by atoms with Crippen molar-refractivity contribution < 1.29 is 15.3 Å². The van der Waals surface area contributed by atoms with Crippen molar-refractivity contribution in [2.24, 2.45) is 0 Å². The quantitative estimate of drug-likeness (QED) is 0.363. The standard InChI is InChI=1S/C24H34O3/c1-2-3-4-5-6-7-8-9-10-16-21(25)20-15-13-18-23(27)24(20)19-14-11-12-17-22(19)26/h11-15,17-18,21,25-27H,2-10,16H2,1H3. The molecule has 2 rings (SSSR count). The Morgan fingerprint density at radius 3 is 1.96 bits per heavy atom. The van der Waals surface area contributed by atoms with Crippen LogP contribution in [0.4, 0.5) is 0 Å².